The van der Waals surface area contributed by atoms with Crippen molar-refractivity contribution in [3.8, 4) is 34.5 Å². The molecule has 0 spiro atoms. The first-order chi connectivity index (χ1) is 36.1. The first-order valence-corrected chi connectivity index (χ1v) is 27.4. The minimum atomic E-state index is -0.373. The summed E-state index contributed by atoms with van der Waals surface area (Å²) in [6.07, 6.45) is 13.5. The van der Waals surface area contributed by atoms with E-state index in [1.807, 2.05) is 36.4 Å². The molecule has 13 heteroatoms. The number of aryl methyl sites for hydroxylation is 4. The maximum atomic E-state index is 13.9. The first kappa shape index (κ1) is 54.5. The number of hydrogen-bond donors (Lipinski definition) is 4. The predicted octanol–water partition coefficient (Wildman–Crippen LogP) is 15.3. The van der Waals surface area contributed by atoms with E-state index in [2.05, 4.69) is 17.4 Å². The number of halogens is 2. The van der Waals surface area contributed by atoms with E-state index in [1.165, 1.54) is 91.0 Å². The van der Waals surface area contributed by atoms with Gasteiger partial charge < -0.3 is 30.7 Å². The second-order valence-electron chi connectivity index (χ2n) is 19.5. The standard InChI is InChI=1S/C31H32FNO3S.C25H22FNO3S.C6H10O/c1-19-16-22(32)17-20(2)28(19)29(35)31-30(26-13-10-24(34)18-27(26)37-31)36-25-11-8-21(9-12-25)14-15-33-23-6-4-3-5-7-23;1-14-11-17(26)12-15(2)22(14)23(29)25-24(20-8-5-18(28)13-21(20)31-25)30-19-6-3-16(4-7-19)9-10-27;7-6-4-2-1-3-5-6/h8-13,16-18,23,33-34H,3-7,14-15H2,1-2H3;3-8,11-13,28H,9-10,27H2,1-2H3;1-5H2. The van der Waals surface area contributed by atoms with Gasteiger partial charge in [0.1, 0.15) is 50.2 Å². The van der Waals surface area contributed by atoms with E-state index in [-0.39, 0.29) is 34.7 Å². The van der Waals surface area contributed by atoms with Crippen LogP contribution in [0.4, 0.5) is 8.78 Å². The van der Waals surface area contributed by atoms with Gasteiger partial charge in [-0.1, -0.05) is 49.9 Å². The van der Waals surface area contributed by atoms with Crippen molar-refractivity contribution >= 4 is 60.2 Å². The number of Topliss-reactive ketones (excluding diaryl/α,β-unsaturated/α-hetero) is 1. The van der Waals surface area contributed by atoms with Crippen molar-refractivity contribution in [2.75, 3.05) is 13.1 Å². The lowest BCUT2D eigenvalue weighted by Gasteiger charge is -2.22. The van der Waals surface area contributed by atoms with Crippen LogP contribution in [0.25, 0.3) is 20.2 Å². The molecule has 0 radical (unpaired) electrons. The molecule has 2 aromatic heterocycles. The number of fused-ring (bicyclic) bond motifs is 2. The Morgan fingerprint density at radius 2 is 1.00 bits per heavy atom. The lowest BCUT2D eigenvalue weighted by atomic mass is 9.95. The number of carbonyl (C=O) groups excluding carboxylic acids is 3. The van der Waals surface area contributed by atoms with Crippen LogP contribution in [0, 0.1) is 39.3 Å². The number of nitrogens with one attached hydrogen (secondary N) is 1. The van der Waals surface area contributed by atoms with Crippen LogP contribution in [0.2, 0.25) is 0 Å². The number of nitrogens with two attached hydrogens (primary N) is 1. The predicted molar refractivity (Wildman–Crippen MR) is 298 cm³/mol. The highest BCUT2D eigenvalue weighted by molar-refractivity contribution is 7.22. The van der Waals surface area contributed by atoms with E-state index in [9.17, 15) is 33.4 Å². The van der Waals surface area contributed by atoms with Crippen LogP contribution in [0.15, 0.2) is 109 Å². The summed E-state index contributed by atoms with van der Waals surface area (Å²) in [6, 6.07) is 31.6. The third kappa shape index (κ3) is 13.8. The number of phenolic OH excluding ortho intramolecular Hbond substituents is 2. The maximum Gasteiger partial charge on any atom is 0.207 e. The summed E-state index contributed by atoms with van der Waals surface area (Å²) in [5.74, 6) is 1.64. The number of carbonyl (C=O) groups is 3. The average Bonchev–Trinajstić information content (AvgIpc) is 3.92. The number of thiophene rings is 2. The maximum absolute atomic E-state index is 13.9. The van der Waals surface area contributed by atoms with Crippen molar-refractivity contribution in [3.05, 3.63) is 175 Å². The quantitative estimate of drug-likeness (QED) is 0.0781. The van der Waals surface area contributed by atoms with Crippen LogP contribution >= 0.6 is 22.7 Å². The number of rotatable bonds is 14. The lowest BCUT2D eigenvalue weighted by Crippen LogP contribution is -2.32. The van der Waals surface area contributed by atoms with Gasteiger partial charge in [0.05, 0.1) is 0 Å². The number of hydrogen-bond acceptors (Lipinski definition) is 11. The Morgan fingerprint density at radius 3 is 1.40 bits per heavy atom. The average molecular weight is 1050 g/mol. The van der Waals surface area contributed by atoms with Gasteiger partial charge in [-0.05, 0) is 198 Å². The summed E-state index contributed by atoms with van der Waals surface area (Å²) in [4.78, 5) is 38.5. The number of phenols is 2. The third-order valence-corrected chi connectivity index (χ3v) is 16.0. The molecule has 2 heterocycles. The molecule has 6 aromatic carbocycles. The Kier molecular flexibility index (Phi) is 18.3. The highest BCUT2D eigenvalue weighted by Crippen LogP contribution is 2.45. The molecule has 2 aliphatic rings. The Bertz CT molecular complexity index is 3270. The summed E-state index contributed by atoms with van der Waals surface area (Å²) in [5, 5.41) is 25.1. The number of ketones is 3. The van der Waals surface area contributed by atoms with Crippen molar-refractivity contribution in [3.63, 3.8) is 0 Å². The molecule has 2 fully saturated rings. The highest BCUT2D eigenvalue weighted by Gasteiger charge is 2.27. The summed E-state index contributed by atoms with van der Waals surface area (Å²) < 4.78 is 41.7. The Hall–Kier alpha value is -6.77. The zero-order valence-electron chi connectivity index (χ0n) is 43.0. The topological polar surface area (TPSA) is 148 Å². The molecule has 0 aliphatic heterocycles. The van der Waals surface area contributed by atoms with E-state index in [4.69, 9.17) is 15.2 Å². The fourth-order valence-electron chi connectivity index (χ4n) is 9.91. The number of ether oxygens (including phenoxy) is 2. The molecule has 0 atom stereocenters. The molecule has 8 aromatic rings. The summed E-state index contributed by atoms with van der Waals surface area (Å²) in [6.45, 7) is 8.44. The molecule has 75 heavy (non-hydrogen) atoms. The zero-order valence-corrected chi connectivity index (χ0v) is 44.6. The van der Waals surface area contributed by atoms with Crippen molar-refractivity contribution < 1.29 is 42.9 Å². The zero-order chi connectivity index (χ0) is 53.2. The molecule has 2 saturated carbocycles. The van der Waals surface area contributed by atoms with Crippen LogP contribution in [0.1, 0.15) is 128 Å². The molecule has 5 N–H and O–H groups in total. The third-order valence-electron chi connectivity index (χ3n) is 13.7. The van der Waals surface area contributed by atoms with Crippen molar-refractivity contribution in [2.45, 2.75) is 111 Å². The minimum absolute atomic E-state index is 0.111. The van der Waals surface area contributed by atoms with Crippen molar-refractivity contribution in [1.82, 2.24) is 5.32 Å². The van der Waals surface area contributed by atoms with Gasteiger partial charge in [0, 0.05) is 50.2 Å². The Balaban J connectivity index is 0.000000178. The highest BCUT2D eigenvalue weighted by atomic mass is 32.1. The van der Waals surface area contributed by atoms with Crippen molar-refractivity contribution in [2.24, 2.45) is 5.73 Å². The Morgan fingerprint density at radius 1 is 0.587 bits per heavy atom. The SMILES string of the molecule is Cc1cc(F)cc(C)c1C(=O)c1sc2cc(O)ccc2c1Oc1ccc(CCN)cc1.Cc1cc(F)cc(C)c1C(=O)c1sc2cc(O)ccc2c1Oc1ccc(CCNC2CCCCC2)cc1.O=C1CCCCC1. The van der Waals surface area contributed by atoms with E-state index < -0.39 is 0 Å². The van der Waals surface area contributed by atoms with Gasteiger partial charge in [0.25, 0.3) is 0 Å². The van der Waals surface area contributed by atoms with E-state index in [0.29, 0.717) is 84.5 Å². The normalized spacial score (nSPS) is 13.7. The van der Waals surface area contributed by atoms with E-state index >= 15 is 0 Å². The van der Waals surface area contributed by atoms with Crippen LogP contribution in [-0.4, -0.2) is 46.7 Å². The summed E-state index contributed by atoms with van der Waals surface area (Å²) in [5.41, 5.74) is 11.2. The van der Waals surface area contributed by atoms with Crippen LogP contribution < -0.4 is 20.5 Å². The molecular weight excluding hydrogens is 987 g/mol. The molecule has 0 saturated heterocycles. The fourth-order valence-corrected chi connectivity index (χ4v) is 12.1. The lowest BCUT2D eigenvalue weighted by molar-refractivity contribution is -0.120. The second-order valence-corrected chi connectivity index (χ2v) is 21.6. The van der Waals surface area contributed by atoms with Gasteiger partial charge in [-0.3, -0.25) is 14.4 Å². The van der Waals surface area contributed by atoms with Crippen LogP contribution in [0.5, 0.6) is 34.5 Å². The molecular formula is C62H64F2N2O7S2. The monoisotopic (exact) mass is 1050 g/mol. The van der Waals surface area contributed by atoms with Gasteiger partial charge in [-0.2, -0.15) is 0 Å². The van der Waals surface area contributed by atoms with Gasteiger partial charge in [0.2, 0.25) is 11.6 Å². The molecule has 10 rings (SSSR count). The van der Waals surface area contributed by atoms with Gasteiger partial charge in [-0.15, -0.1) is 22.7 Å². The minimum Gasteiger partial charge on any atom is -0.508 e. The molecule has 0 unspecified atom stereocenters. The molecule has 390 valence electrons. The smallest absolute Gasteiger partial charge is 0.207 e. The summed E-state index contributed by atoms with van der Waals surface area (Å²) >= 11 is 2.52. The molecule has 2 aliphatic carbocycles. The first-order valence-electron chi connectivity index (χ1n) is 25.8. The molecule has 0 bridgehead atoms. The second kappa shape index (κ2) is 25.2. The largest absolute Gasteiger partial charge is 0.508 e. The van der Waals surface area contributed by atoms with E-state index in [1.54, 1.807) is 64.1 Å². The summed E-state index contributed by atoms with van der Waals surface area (Å²) in [7, 11) is 0. The van der Waals surface area contributed by atoms with Crippen molar-refractivity contribution in [1.29, 1.82) is 0 Å². The van der Waals surface area contributed by atoms with Crippen LogP contribution in [-0.2, 0) is 17.6 Å². The molecule has 9 nitrogen and oxygen atoms in total. The van der Waals surface area contributed by atoms with E-state index in [0.717, 1.165) is 70.8 Å². The van der Waals surface area contributed by atoms with Gasteiger partial charge in [-0.25, -0.2) is 8.78 Å². The van der Waals surface area contributed by atoms with Crippen LogP contribution in [0.3, 0.4) is 0 Å². The number of benzene rings is 6. The molecule has 0 amide bonds. The number of aromatic hydroxyl groups is 2. The van der Waals surface area contributed by atoms with Gasteiger partial charge in [0.15, 0.2) is 11.5 Å². The fraction of sp³-hybridized carbons (Fsp3) is 0.306. The van der Waals surface area contributed by atoms with Gasteiger partial charge >= 0.3 is 0 Å². The Labute approximate surface area is 445 Å².